The Morgan fingerprint density at radius 1 is 1.10 bits per heavy atom. The fourth-order valence-electron chi connectivity index (χ4n) is 3.87. The molecule has 2 aliphatic rings. The Hall–Kier alpha value is -2.70. The smallest absolute Gasteiger partial charge is 0.261 e. The van der Waals surface area contributed by atoms with Gasteiger partial charge in [-0.25, -0.2) is 0 Å². The fourth-order valence-corrected chi connectivity index (χ4v) is 3.87. The highest BCUT2D eigenvalue weighted by molar-refractivity contribution is 6.21. The van der Waals surface area contributed by atoms with E-state index in [1.54, 1.807) is 42.5 Å². The lowest BCUT2D eigenvalue weighted by molar-refractivity contribution is 0.0642. The van der Waals surface area contributed by atoms with E-state index in [-0.39, 0.29) is 48.8 Å². The number of piperidine rings is 1. The molecule has 4 rings (SSSR count). The number of amides is 3. The van der Waals surface area contributed by atoms with Gasteiger partial charge >= 0.3 is 0 Å². The Balaban J connectivity index is 0.00000240. The number of carbonyl (C=O) groups is 3. The highest BCUT2D eigenvalue weighted by Crippen LogP contribution is 2.24. The maximum atomic E-state index is 12.7. The van der Waals surface area contributed by atoms with Crippen molar-refractivity contribution in [3.8, 4) is 0 Å². The molecule has 0 spiro atoms. The van der Waals surface area contributed by atoms with E-state index < -0.39 is 0 Å². The van der Waals surface area contributed by atoms with Crippen LogP contribution in [0.15, 0.2) is 48.5 Å². The first-order valence-corrected chi connectivity index (χ1v) is 9.63. The van der Waals surface area contributed by atoms with E-state index in [2.05, 4.69) is 17.6 Å². The van der Waals surface area contributed by atoms with E-state index in [0.29, 0.717) is 16.7 Å². The summed E-state index contributed by atoms with van der Waals surface area (Å²) in [7, 11) is 0. The molecule has 0 radical (unpaired) electrons. The van der Waals surface area contributed by atoms with Gasteiger partial charge in [0.15, 0.2) is 0 Å². The van der Waals surface area contributed by atoms with Gasteiger partial charge in [0, 0.05) is 17.6 Å². The average Bonchev–Trinajstić information content (AvgIpc) is 2.95. The Kier molecular flexibility index (Phi) is 6.35. The van der Waals surface area contributed by atoms with Gasteiger partial charge in [0.1, 0.15) is 0 Å². The van der Waals surface area contributed by atoms with Crippen molar-refractivity contribution in [1.82, 2.24) is 15.5 Å². The number of nitrogens with zero attached hydrogens (tertiary/aromatic N) is 1. The Labute approximate surface area is 176 Å². The van der Waals surface area contributed by atoms with Crippen molar-refractivity contribution in [1.29, 1.82) is 0 Å². The van der Waals surface area contributed by atoms with Crippen LogP contribution in [-0.4, -0.2) is 41.2 Å². The zero-order valence-corrected chi connectivity index (χ0v) is 17.0. The molecule has 2 aliphatic heterocycles. The second-order valence-corrected chi connectivity index (χ2v) is 7.41. The monoisotopic (exact) mass is 413 g/mol. The molecular weight excluding hydrogens is 390 g/mol. The van der Waals surface area contributed by atoms with Crippen LogP contribution in [0, 0.1) is 0 Å². The lowest BCUT2D eigenvalue weighted by Gasteiger charge is -2.30. The summed E-state index contributed by atoms with van der Waals surface area (Å²) in [5, 5.41) is 6.46. The topological polar surface area (TPSA) is 78.5 Å². The summed E-state index contributed by atoms with van der Waals surface area (Å²) < 4.78 is 0. The molecule has 29 heavy (non-hydrogen) atoms. The molecule has 2 atom stereocenters. The summed E-state index contributed by atoms with van der Waals surface area (Å²) in [5.41, 5.74) is 2.14. The number of hydrogen-bond acceptors (Lipinski definition) is 4. The highest BCUT2D eigenvalue weighted by atomic mass is 35.5. The minimum atomic E-state index is -0.294. The molecule has 2 N–H and O–H groups in total. The highest BCUT2D eigenvalue weighted by Gasteiger charge is 2.35. The SMILES string of the molecule is CC1NCCCC1NC(=O)c1cccc(CN2C(=O)c3ccccc3C2=O)c1.Cl. The van der Waals surface area contributed by atoms with Crippen molar-refractivity contribution in [2.75, 3.05) is 6.54 Å². The number of imide groups is 1. The summed E-state index contributed by atoms with van der Waals surface area (Å²) in [5.74, 6) is -0.722. The van der Waals surface area contributed by atoms with Gasteiger partial charge in [-0.15, -0.1) is 12.4 Å². The lowest BCUT2D eigenvalue weighted by atomic mass is 9.99. The van der Waals surface area contributed by atoms with Crippen LogP contribution in [0.3, 0.4) is 0 Å². The fraction of sp³-hybridized carbons (Fsp3) is 0.318. The molecule has 1 fully saturated rings. The number of rotatable bonds is 4. The number of fused-ring (bicyclic) bond motifs is 1. The number of carbonyl (C=O) groups excluding carboxylic acids is 3. The summed E-state index contributed by atoms with van der Waals surface area (Å²) >= 11 is 0. The van der Waals surface area contributed by atoms with Crippen LogP contribution in [-0.2, 0) is 6.54 Å². The molecule has 7 heteroatoms. The normalized spacial score (nSPS) is 20.8. The number of hydrogen-bond donors (Lipinski definition) is 2. The molecule has 6 nitrogen and oxygen atoms in total. The first-order valence-electron chi connectivity index (χ1n) is 9.63. The first-order chi connectivity index (χ1) is 13.5. The molecule has 2 aromatic carbocycles. The van der Waals surface area contributed by atoms with Crippen LogP contribution in [0.1, 0.15) is 56.4 Å². The quantitative estimate of drug-likeness (QED) is 0.755. The molecule has 152 valence electrons. The van der Waals surface area contributed by atoms with Crippen molar-refractivity contribution in [2.24, 2.45) is 0 Å². The predicted octanol–water partition coefficient (Wildman–Crippen LogP) is 2.77. The standard InChI is InChI=1S/C22H23N3O3.ClH/c1-14-19(10-5-11-23-14)24-20(26)16-7-4-6-15(12-16)13-25-21(27)17-8-2-3-9-18(17)22(25)28;/h2-4,6-9,12,14,19,23H,5,10-11,13H2,1H3,(H,24,26);1H. The van der Waals surface area contributed by atoms with Gasteiger partial charge in [-0.1, -0.05) is 24.3 Å². The van der Waals surface area contributed by atoms with E-state index in [1.807, 2.05) is 6.07 Å². The summed E-state index contributed by atoms with van der Waals surface area (Å²) in [4.78, 5) is 39.0. The Morgan fingerprint density at radius 3 is 2.45 bits per heavy atom. The molecule has 0 saturated carbocycles. The molecule has 0 aliphatic carbocycles. The van der Waals surface area contributed by atoms with Crippen LogP contribution in [0.5, 0.6) is 0 Å². The van der Waals surface area contributed by atoms with Crippen LogP contribution in [0.4, 0.5) is 0 Å². The maximum Gasteiger partial charge on any atom is 0.261 e. The lowest BCUT2D eigenvalue weighted by Crippen LogP contribution is -2.51. The minimum absolute atomic E-state index is 0. The summed E-state index contributed by atoms with van der Waals surface area (Å²) in [6.45, 7) is 3.20. The first kappa shape index (κ1) is 21.0. The van der Waals surface area contributed by atoms with Gasteiger partial charge in [0.2, 0.25) is 0 Å². The predicted molar refractivity (Wildman–Crippen MR) is 112 cm³/mol. The van der Waals surface area contributed by atoms with E-state index in [0.717, 1.165) is 24.9 Å². The van der Waals surface area contributed by atoms with E-state index in [9.17, 15) is 14.4 Å². The molecule has 0 aromatic heterocycles. The third-order valence-corrected chi connectivity index (χ3v) is 5.49. The average molecular weight is 414 g/mol. The molecule has 2 heterocycles. The number of benzene rings is 2. The van der Waals surface area contributed by atoms with Crippen LogP contribution in [0.25, 0.3) is 0 Å². The Bertz CT molecular complexity index is 911. The minimum Gasteiger partial charge on any atom is -0.348 e. The van der Waals surface area contributed by atoms with E-state index >= 15 is 0 Å². The summed E-state index contributed by atoms with van der Waals surface area (Å²) in [6, 6.07) is 14.3. The zero-order chi connectivity index (χ0) is 19.7. The van der Waals surface area contributed by atoms with Gasteiger partial charge < -0.3 is 10.6 Å². The van der Waals surface area contributed by atoms with Gasteiger partial charge in [0.05, 0.1) is 17.7 Å². The second kappa shape index (κ2) is 8.76. The van der Waals surface area contributed by atoms with Crippen molar-refractivity contribution in [3.05, 3.63) is 70.8 Å². The van der Waals surface area contributed by atoms with Gasteiger partial charge in [-0.2, -0.15) is 0 Å². The van der Waals surface area contributed by atoms with Gasteiger partial charge in [-0.3, -0.25) is 19.3 Å². The van der Waals surface area contributed by atoms with Crippen molar-refractivity contribution in [3.63, 3.8) is 0 Å². The molecular formula is C22H24ClN3O3. The third kappa shape index (κ3) is 4.18. The molecule has 2 unspecified atom stereocenters. The second-order valence-electron chi connectivity index (χ2n) is 7.41. The number of nitrogens with one attached hydrogen (secondary N) is 2. The van der Waals surface area contributed by atoms with E-state index in [4.69, 9.17) is 0 Å². The van der Waals surface area contributed by atoms with Gasteiger partial charge in [-0.05, 0) is 56.1 Å². The molecule has 2 aromatic rings. The number of halogens is 1. The van der Waals surface area contributed by atoms with E-state index in [1.165, 1.54) is 4.90 Å². The summed E-state index contributed by atoms with van der Waals surface area (Å²) in [6.07, 6.45) is 1.99. The van der Waals surface area contributed by atoms with Crippen molar-refractivity contribution < 1.29 is 14.4 Å². The molecule has 1 saturated heterocycles. The molecule has 3 amide bonds. The van der Waals surface area contributed by atoms with Crippen LogP contribution in [0.2, 0.25) is 0 Å². The largest absolute Gasteiger partial charge is 0.348 e. The van der Waals surface area contributed by atoms with Gasteiger partial charge in [0.25, 0.3) is 17.7 Å². The van der Waals surface area contributed by atoms with Crippen LogP contribution >= 0.6 is 12.4 Å². The van der Waals surface area contributed by atoms with Crippen LogP contribution < -0.4 is 10.6 Å². The third-order valence-electron chi connectivity index (χ3n) is 5.49. The van der Waals surface area contributed by atoms with Crippen molar-refractivity contribution in [2.45, 2.75) is 38.4 Å². The van der Waals surface area contributed by atoms with Crippen molar-refractivity contribution >= 4 is 30.1 Å². The molecule has 0 bridgehead atoms. The zero-order valence-electron chi connectivity index (χ0n) is 16.2. The maximum absolute atomic E-state index is 12.7. The Morgan fingerprint density at radius 2 is 1.79 bits per heavy atom.